The van der Waals surface area contributed by atoms with E-state index in [9.17, 15) is 8.42 Å². The molecule has 0 spiro atoms. The fourth-order valence-corrected chi connectivity index (χ4v) is 2.44. The number of rotatable bonds is 7. The highest BCUT2D eigenvalue weighted by molar-refractivity contribution is 7.89. The van der Waals surface area contributed by atoms with E-state index < -0.39 is 10.0 Å². The minimum absolute atomic E-state index is 0.0329. The summed E-state index contributed by atoms with van der Waals surface area (Å²) in [6.07, 6.45) is 0. The summed E-state index contributed by atoms with van der Waals surface area (Å²) in [7, 11) is -0.214. The zero-order chi connectivity index (χ0) is 14.6. The highest BCUT2D eigenvalue weighted by Crippen LogP contribution is 2.41. The summed E-state index contributed by atoms with van der Waals surface area (Å²) in [6.45, 7) is 1.06. The molecular formula is C12H18N2O5S. The van der Waals surface area contributed by atoms with E-state index in [4.69, 9.17) is 14.2 Å². The summed E-state index contributed by atoms with van der Waals surface area (Å²) in [5.74, 6) is 1.89. The normalized spacial score (nSPS) is 13.5. The van der Waals surface area contributed by atoms with E-state index in [1.807, 2.05) is 12.1 Å². The molecule has 1 aromatic rings. The summed E-state index contributed by atoms with van der Waals surface area (Å²) in [4.78, 5) is 0. The molecule has 1 heterocycles. The molecule has 0 saturated heterocycles. The molecule has 8 heteroatoms. The molecule has 0 aliphatic carbocycles. The lowest BCUT2D eigenvalue weighted by atomic mass is 10.2. The van der Waals surface area contributed by atoms with Crippen LogP contribution < -0.4 is 24.2 Å². The van der Waals surface area contributed by atoms with Gasteiger partial charge in [-0.05, 0) is 24.7 Å². The van der Waals surface area contributed by atoms with Gasteiger partial charge < -0.3 is 19.5 Å². The molecule has 112 valence electrons. The van der Waals surface area contributed by atoms with Gasteiger partial charge in [0.2, 0.25) is 22.6 Å². The van der Waals surface area contributed by atoms with Crippen molar-refractivity contribution in [1.29, 1.82) is 0 Å². The molecule has 7 nitrogen and oxygen atoms in total. The average Bonchev–Trinajstić information content (AvgIpc) is 2.91. The van der Waals surface area contributed by atoms with Gasteiger partial charge in [-0.3, -0.25) is 0 Å². The molecule has 0 unspecified atom stereocenters. The lowest BCUT2D eigenvalue weighted by molar-refractivity contribution is 0.171. The Hall–Kier alpha value is -1.51. The Morgan fingerprint density at radius 2 is 2.15 bits per heavy atom. The van der Waals surface area contributed by atoms with Gasteiger partial charge in [0, 0.05) is 13.1 Å². The van der Waals surface area contributed by atoms with Crippen LogP contribution in [0.3, 0.4) is 0 Å². The number of hydrogen-bond donors (Lipinski definition) is 2. The van der Waals surface area contributed by atoms with Gasteiger partial charge in [0.1, 0.15) is 0 Å². The Bertz CT molecular complexity index is 573. The predicted octanol–water partition coefficient (Wildman–Crippen LogP) is 0.0627. The van der Waals surface area contributed by atoms with Crippen LogP contribution in [0.4, 0.5) is 0 Å². The van der Waals surface area contributed by atoms with Gasteiger partial charge >= 0.3 is 0 Å². The summed E-state index contributed by atoms with van der Waals surface area (Å²) in [6, 6.07) is 3.69. The number of ether oxygens (including phenoxy) is 3. The van der Waals surface area contributed by atoms with Crippen LogP contribution in [0.15, 0.2) is 12.1 Å². The van der Waals surface area contributed by atoms with E-state index in [2.05, 4.69) is 10.0 Å². The van der Waals surface area contributed by atoms with Crippen molar-refractivity contribution in [3.05, 3.63) is 17.7 Å². The fourth-order valence-electron chi connectivity index (χ4n) is 1.83. The first-order valence-corrected chi connectivity index (χ1v) is 7.79. The number of methoxy groups -OCH3 is 1. The zero-order valence-electron chi connectivity index (χ0n) is 11.4. The molecule has 2 rings (SSSR count). The van der Waals surface area contributed by atoms with Crippen LogP contribution in [-0.2, 0) is 16.6 Å². The van der Waals surface area contributed by atoms with Gasteiger partial charge in [0.15, 0.2) is 11.5 Å². The SMILES string of the molecule is CNS(=O)(=O)CCNCc1cc(OC)c2c(c1)OCO2. The first kappa shape index (κ1) is 14.9. The van der Waals surface area contributed by atoms with E-state index in [0.29, 0.717) is 30.3 Å². The van der Waals surface area contributed by atoms with Gasteiger partial charge in [-0.15, -0.1) is 0 Å². The van der Waals surface area contributed by atoms with Crippen molar-refractivity contribution in [2.75, 3.05) is 33.2 Å². The van der Waals surface area contributed by atoms with Crippen LogP contribution in [0.25, 0.3) is 0 Å². The molecule has 1 aromatic carbocycles. The Labute approximate surface area is 118 Å². The highest BCUT2D eigenvalue weighted by Gasteiger charge is 2.19. The van der Waals surface area contributed by atoms with Gasteiger partial charge in [-0.25, -0.2) is 13.1 Å². The largest absolute Gasteiger partial charge is 0.493 e. The molecule has 0 aromatic heterocycles. The second kappa shape index (κ2) is 6.29. The second-order valence-electron chi connectivity index (χ2n) is 4.23. The van der Waals surface area contributed by atoms with E-state index in [1.165, 1.54) is 7.05 Å². The van der Waals surface area contributed by atoms with Crippen molar-refractivity contribution in [3.8, 4) is 17.2 Å². The lowest BCUT2D eigenvalue weighted by Crippen LogP contribution is -2.29. The van der Waals surface area contributed by atoms with E-state index in [0.717, 1.165) is 5.56 Å². The third-order valence-electron chi connectivity index (χ3n) is 2.91. The Morgan fingerprint density at radius 3 is 2.85 bits per heavy atom. The topological polar surface area (TPSA) is 85.9 Å². The molecule has 0 bridgehead atoms. The summed E-state index contributed by atoms with van der Waals surface area (Å²) in [5, 5.41) is 3.06. The van der Waals surface area contributed by atoms with Gasteiger partial charge in [-0.1, -0.05) is 0 Å². The molecular weight excluding hydrogens is 284 g/mol. The van der Waals surface area contributed by atoms with Crippen molar-refractivity contribution in [2.45, 2.75) is 6.54 Å². The summed E-state index contributed by atoms with van der Waals surface area (Å²) >= 11 is 0. The second-order valence-corrected chi connectivity index (χ2v) is 6.28. The van der Waals surface area contributed by atoms with Crippen LogP contribution in [0.2, 0.25) is 0 Å². The third-order valence-corrected chi connectivity index (χ3v) is 4.27. The zero-order valence-corrected chi connectivity index (χ0v) is 12.2. The predicted molar refractivity (Wildman–Crippen MR) is 73.7 cm³/mol. The van der Waals surface area contributed by atoms with Crippen molar-refractivity contribution in [3.63, 3.8) is 0 Å². The van der Waals surface area contributed by atoms with Gasteiger partial charge in [-0.2, -0.15) is 0 Å². The molecule has 1 aliphatic rings. The maximum absolute atomic E-state index is 11.3. The number of nitrogens with one attached hydrogen (secondary N) is 2. The summed E-state index contributed by atoms with van der Waals surface area (Å²) < 4.78 is 40.6. The number of benzene rings is 1. The molecule has 0 atom stereocenters. The molecule has 0 fully saturated rings. The molecule has 0 saturated carbocycles. The standard InChI is InChI=1S/C12H18N2O5S/c1-13-20(15,16)4-3-14-7-9-5-10(17-2)12-11(6-9)18-8-19-12/h5-6,13-14H,3-4,7-8H2,1-2H3. The highest BCUT2D eigenvalue weighted by atomic mass is 32.2. The van der Waals surface area contributed by atoms with Crippen LogP contribution in [0.1, 0.15) is 5.56 Å². The number of fused-ring (bicyclic) bond motifs is 1. The molecule has 20 heavy (non-hydrogen) atoms. The minimum atomic E-state index is -3.18. The smallest absolute Gasteiger partial charge is 0.231 e. The Morgan fingerprint density at radius 1 is 1.35 bits per heavy atom. The van der Waals surface area contributed by atoms with Crippen LogP contribution in [-0.4, -0.2) is 41.7 Å². The van der Waals surface area contributed by atoms with Crippen molar-refractivity contribution >= 4 is 10.0 Å². The van der Waals surface area contributed by atoms with Crippen LogP contribution in [0.5, 0.6) is 17.2 Å². The van der Waals surface area contributed by atoms with Gasteiger partial charge in [0.25, 0.3) is 0 Å². The molecule has 1 aliphatic heterocycles. The number of hydrogen-bond acceptors (Lipinski definition) is 6. The minimum Gasteiger partial charge on any atom is -0.493 e. The first-order valence-electron chi connectivity index (χ1n) is 6.14. The van der Waals surface area contributed by atoms with Gasteiger partial charge in [0.05, 0.1) is 12.9 Å². The third kappa shape index (κ3) is 3.53. The van der Waals surface area contributed by atoms with Crippen LogP contribution >= 0.6 is 0 Å². The summed E-state index contributed by atoms with van der Waals surface area (Å²) in [5.41, 5.74) is 0.938. The molecule has 0 amide bonds. The monoisotopic (exact) mass is 302 g/mol. The first-order chi connectivity index (χ1) is 9.55. The van der Waals surface area contributed by atoms with E-state index in [-0.39, 0.29) is 12.5 Å². The van der Waals surface area contributed by atoms with E-state index >= 15 is 0 Å². The average molecular weight is 302 g/mol. The van der Waals surface area contributed by atoms with Crippen molar-refractivity contribution < 1.29 is 22.6 Å². The number of sulfonamides is 1. The van der Waals surface area contributed by atoms with Crippen LogP contribution in [0, 0.1) is 0 Å². The maximum atomic E-state index is 11.3. The van der Waals surface area contributed by atoms with Crippen molar-refractivity contribution in [2.24, 2.45) is 0 Å². The fraction of sp³-hybridized carbons (Fsp3) is 0.500. The molecule has 2 N–H and O–H groups in total. The lowest BCUT2D eigenvalue weighted by Gasteiger charge is -2.09. The quantitative estimate of drug-likeness (QED) is 0.693. The Balaban J connectivity index is 1.94. The Kier molecular flexibility index (Phi) is 4.69. The molecule has 0 radical (unpaired) electrons. The van der Waals surface area contributed by atoms with Crippen molar-refractivity contribution in [1.82, 2.24) is 10.0 Å². The maximum Gasteiger partial charge on any atom is 0.231 e. The van der Waals surface area contributed by atoms with E-state index in [1.54, 1.807) is 7.11 Å².